The lowest BCUT2D eigenvalue weighted by molar-refractivity contribution is 0.292. The fourth-order valence-corrected chi connectivity index (χ4v) is 6.07. The van der Waals surface area contributed by atoms with Gasteiger partial charge in [-0.05, 0) is 50.2 Å². The van der Waals surface area contributed by atoms with Gasteiger partial charge in [0.25, 0.3) is 0 Å². The Morgan fingerprint density at radius 1 is 1.25 bits per heavy atom. The van der Waals surface area contributed by atoms with Gasteiger partial charge in [0.15, 0.2) is 0 Å². The number of fused-ring (bicyclic) bond motifs is 1. The molecule has 0 saturated heterocycles. The van der Waals surface area contributed by atoms with Crippen LogP contribution < -0.4 is 0 Å². The molecular weight excluding hydrogens is 338 g/mol. The number of allylic oxidation sites excluding steroid dienone is 1. The summed E-state index contributed by atoms with van der Waals surface area (Å²) >= 11 is 1.27. The third kappa shape index (κ3) is 4.25. The predicted molar refractivity (Wildman–Crippen MR) is 101 cm³/mol. The summed E-state index contributed by atoms with van der Waals surface area (Å²) in [6, 6.07) is 7.57. The second kappa shape index (κ2) is 7.36. The van der Waals surface area contributed by atoms with E-state index in [0.717, 1.165) is 34.0 Å². The summed E-state index contributed by atoms with van der Waals surface area (Å²) in [7, 11) is -3.34. The van der Waals surface area contributed by atoms with Crippen molar-refractivity contribution in [3.8, 4) is 0 Å². The van der Waals surface area contributed by atoms with E-state index in [0.29, 0.717) is 0 Å². The second-order valence-corrected chi connectivity index (χ2v) is 10.3. The number of aromatic nitrogens is 1. The number of benzene rings is 1. The molecule has 0 unspecified atom stereocenters. The van der Waals surface area contributed by atoms with Crippen LogP contribution in [0.2, 0.25) is 0 Å². The van der Waals surface area contributed by atoms with Crippen LogP contribution in [0.25, 0.3) is 10.2 Å². The SMILES string of the molecule is C/C(=C\CC1CCC(C)CC1)CS(=O)(=O)c1nc2ccccc2s1. The average molecular weight is 364 g/mol. The highest BCUT2D eigenvalue weighted by Gasteiger charge is 2.21. The maximum absolute atomic E-state index is 12.6. The van der Waals surface area contributed by atoms with Crippen LogP contribution in [-0.2, 0) is 9.84 Å². The van der Waals surface area contributed by atoms with Gasteiger partial charge in [0.05, 0.1) is 16.0 Å². The third-order valence-corrected chi connectivity index (χ3v) is 8.19. The van der Waals surface area contributed by atoms with Gasteiger partial charge in [-0.15, -0.1) is 11.3 Å². The van der Waals surface area contributed by atoms with Gasteiger partial charge in [0.1, 0.15) is 0 Å². The van der Waals surface area contributed by atoms with Gasteiger partial charge >= 0.3 is 0 Å². The predicted octanol–water partition coefficient (Wildman–Crippen LogP) is 5.23. The first-order valence-electron chi connectivity index (χ1n) is 8.68. The van der Waals surface area contributed by atoms with Crippen LogP contribution in [-0.4, -0.2) is 19.2 Å². The Labute approximate surface area is 148 Å². The van der Waals surface area contributed by atoms with Gasteiger partial charge in [-0.2, -0.15) is 0 Å². The first-order valence-corrected chi connectivity index (χ1v) is 11.1. The molecule has 0 atom stereocenters. The highest BCUT2D eigenvalue weighted by atomic mass is 32.2. The molecule has 0 aliphatic heterocycles. The largest absolute Gasteiger partial charge is 0.225 e. The van der Waals surface area contributed by atoms with Crippen molar-refractivity contribution in [1.82, 2.24) is 4.98 Å². The number of hydrogen-bond donors (Lipinski definition) is 0. The van der Waals surface area contributed by atoms with Crippen LogP contribution in [0.1, 0.15) is 46.0 Å². The summed E-state index contributed by atoms with van der Waals surface area (Å²) in [6.45, 7) is 4.25. The monoisotopic (exact) mass is 363 g/mol. The van der Waals surface area contributed by atoms with Crippen molar-refractivity contribution < 1.29 is 8.42 Å². The molecule has 5 heteroatoms. The van der Waals surface area contributed by atoms with Crippen molar-refractivity contribution in [2.75, 3.05) is 5.75 Å². The van der Waals surface area contributed by atoms with E-state index >= 15 is 0 Å². The molecule has 3 nitrogen and oxygen atoms in total. The molecule has 3 rings (SSSR count). The molecular formula is C19H25NO2S2. The smallest absolute Gasteiger partial charge is 0.210 e. The first kappa shape index (κ1) is 17.6. The van der Waals surface area contributed by atoms with Crippen molar-refractivity contribution in [3.05, 3.63) is 35.9 Å². The average Bonchev–Trinajstić information content (AvgIpc) is 2.99. The topological polar surface area (TPSA) is 47.0 Å². The summed E-state index contributed by atoms with van der Waals surface area (Å²) in [5, 5.41) is 0. The molecule has 1 fully saturated rings. The molecule has 0 bridgehead atoms. The van der Waals surface area contributed by atoms with Gasteiger partial charge in [-0.1, -0.05) is 43.5 Å². The Morgan fingerprint density at radius 2 is 1.96 bits per heavy atom. The molecule has 0 amide bonds. The maximum Gasteiger partial charge on any atom is 0.210 e. The molecule has 130 valence electrons. The Balaban J connectivity index is 1.65. The van der Waals surface area contributed by atoms with E-state index < -0.39 is 9.84 Å². The minimum absolute atomic E-state index is 0.0793. The van der Waals surface area contributed by atoms with Crippen molar-refractivity contribution in [1.29, 1.82) is 0 Å². The van der Waals surface area contributed by atoms with Gasteiger partial charge < -0.3 is 0 Å². The zero-order valence-corrected chi connectivity index (χ0v) is 16.0. The highest BCUT2D eigenvalue weighted by molar-refractivity contribution is 7.93. The number of rotatable bonds is 5. The minimum Gasteiger partial charge on any atom is -0.225 e. The maximum atomic E-state index is 12.6. The standard InChI is InChI=1S/C19H25NO2S2/c1-14-7-10-16(11-8-14)12-9-15(2)13-24(21,22)19-20-17-5-3-4-6-18(17)23-19/h3-6,9,14,16H,7-8,10-13H2,1-2H3/b15-9+. The zero-order valence-electron chi connectivity index (χ0n) is 14.4. The van der Waals surface area contributed by atoms with Crippen molar-refractivity contribution in [2.24, 2.45) is 11.8 Å². The zero-order chi connectivity index (χ0) is 17.2. The Hall–Kier alpha value is -1.20. The normalized spacial score (nSPS) is 22.8. The summed E-state index contributed by atoms with van der Waals surface area (Å²) in [5.74, 6) is 1.66. The lowest BCUT2D eigenvalue weighted by Gasteiger charge is -2.25. The lowest BCUT2D eigenvalue weighted by atomic mass is 9.81. The number of thiazole rings is 1. The van der Waals surface area contributed by atoms with Gasteiger partial charge in [0, 0.05) is 0 Å². The highest BCUT2D eigenvalue weighted by Crippen LogP contribution is 2.31. The molecule has 1 aliphatic rings. The van der Waals surface area contributed by atoms with Gasteiger partial charge in [0.2, 0.25) is 14.2 Å². The van der Waals surface area contributed by atoms with Crippen LogP contribution in [0, 0.1) is 11.8 Å². The Kier molecular flexibility index (Phi) is 5.40. The van der Waals surface area contributed by atoms with Crippen LogP contribution in [0.4, 0.5) is 0 Å². The second-order valence-electron chi connectivity index (χ2n) is 7.12. The van der Waals surface area contributed by atoms with Crippen LogP contribution >= 0.6 is 11.3 Å². The summed E-state index contributed by atoms with van der Waals surface area (Å²) in [4.78, 5) is 4.30. The molecule has 0 spiro atoms. The number of nitrogens with zero attached hydrogens (tertiary/aromatic N) is 1. The van der Waals surface area contributed by atoms with Crippen molar-refractivity contribution in [2.45, 2.75) is 50.3 Å². The van der Waals surface area contributed by atoms with Crippen molar-refractivity contribution >= 4 is 31.4 Å². The fraction of sp³-hybridized carbons (Fsp3) is 0.526. The van der Waals surface area contributed by atoms with E-state index in [1.54, 1.807) is 0 Å². The third-order valence-electron chi connectivity index (χ3n) is 4.89. The molecule has 1 aromatic heterocycles. The van der Waals surface area contributed by atoms with E-state index in [1.165, 1.54) is 37.0 Å². The summed E-state index contributed by atoms with van der Waals surface area (Å²) < 4.78 is 26.4. The quantitative estimate of drug-likeness (QED) is 0.683. The van der Waals surface area contributed by atoms with E-state index in [9.17, 15) is 8.42 Å². The summed E-state index contributed by atoms with van der Waals surface area (Å²) in [6.07, 6.45) is 8.30. The fourth-order valence-electron chi connectivity index (χ4n) is 3.34. The van der Waals surface area contributed by atoms with Gasteiger partial charge in [-0.25, -0.2) is 13.4 Å². The van der Waals surface area contributed by atoms with Crippen LogP contribution in [0.5, 0.6) is 0 Å². The number of para-hydroxylation sites is 1. The minimum atomic E-state index is -3.34. The van der Waals surface area contributed by atoms with Crippen LogP contribution in [0.3, 0.4) is 0 Å². The molecule has 1 heterocycles. The molecule has 24 heavy (non-hydrogen) atoms. The number of sulfone groups is 1. The van der Waals surface area contributed by atoms with E-state index in [4.69, 9.17) is 0 Å². The molecule has 1 aromatic carbocycles. The van der Waals surface area contributed by atoms with E-state index in [2.05, 4.69) is 18.0 Å². The molecule has 1 saturated carbocycles. The molecule has 1 aliphatic carbocycles. The Morgan fingerprint density at radius 3 is 2.67 bits per heavy atom. The molecule has 0 radical (unpaired) electrons. The molecule has 2 aromatic rings. The van der Waals surface area contributed by atoms with E-state index in [1.807, 2.05) is 31.2 Å². The molecule has 0 N–H and O–H groups in total. The van der Waals surface area contributed by atoms with E-state index in [-0.39, 0.29) is 10.1 Å². The van der Waals surface area contributed by atoms with Gasteiger partial charge in [-0.3, -0.25) is 0 Å². The first-order chi connectivity index (χ1) is 11.4. The Bertz CT molecular complexity index is 795. The van der Waals surface area contributed by atoms with Crippen LogP contribution in [0.15, 0.2) is 40.3 Å². The summed E-state index contributed by atoms with van der Waals surface area (Å²) in [5.41, 5.74) is 1.70. The lowest BCUT2D eigenvalue weighted by Crippen LogP contribution is -2.12. The van der Waals surface area contributed by atoms with Crippen molar-refractivity contribution in [3.63, 3.8) is 0 Å². The number of hydrogen-bond acceptors (Lipinski definition) is 4.